The largest absolute Gasteiger partial charge is 0.479 e. The van der Waals surface area contributed by atoms with E-state index < -0.39 is 12.1 Å². The van der Waals surface area contributed by atoms with Gasteiger partial charge in [-0.1, -0.05) is 22.9 Å². The van der Waals surface area contributed by atoms with E-state index in [1.807, 2.05) is 12.1 Å². The van der Waals surface area contributed by atoms with E-state index in [1.165, 1.54) is 0 Å². The Morgan fingerprint density at radius 3 is 2.80 bits per heavy atom. The second kappa shape index (κ2) is 5.69. The molecular weight excluding hydrogens is 375 g/mol. The molecule has 1 rings (SSSR count). The van der Waals surface area contributed by atoms with Gasteiger partial charge in [-0.15, -0.1) is 0 Å². The van der Waals surface area contributed by atoms with Crippen molar-refractivity contribution in [2.45, 2.75) is 19.4 Å². The van der Waals surface area contributed by atoms with Gasteiger partial charge < -0.3 is 9.84 Å². The van der Waals surface area contributed by atoms with E-state index >= 15 is 0 Å². The normalized spacial score (nSPS) is 12.2. The highest BCUT2D eigenvalue weighted by Gasteiger charge is 2.17. The van der Waals surface area contributed by atoms with Crippen LogP contribution < -0.4 is 4.74 Å². The van der Waals surface area contributed by atoms with Gasteiger partial charge in [0.15, 0.2) is 6.10 Å². The Kier molecular flexibility index (Phi) is 4.85. The van der Waals surface area contributed by atoms with Gasteiger partial charge >= 0.3 is 5.97 Å². The second-order valence-corrected chi connectivity index (χ2v) is 5.01. The van der Waals surface area contributed by atoms with Crippen LogP contribution in [0.5, 0.6) is 5.75 Å². The van der Waals surface area contributed by atoms with Crippen molar-refractivity contribution in [3.8, 4) is 5.75 Å². The molecule has 1 aromatic rings. The van der Waals surface area contributed by atoms with Crippen LogP contribution in [0.3, 0.4) is 0 Å². The fourth-order valence-corrected chi connectivity index (χ4v) is 2.46. The van der Waals surface area contributed by atoms with Crippen molar-refractivity contribution in [2.24, 2.45) is 0 Å². The third kappa shape index (κ3) is 3.64. The zero-order valence-corrected chi connectivity index (χ0v) is 11.8. The van der Waals surface area contributed by atoms with Crippen LogP contribution >= 0.6 is 38.5 Å². The summed E-state index contributed by atoms with van der Waals surface area (Å²) in [5.74, 6) is -0.329. The van der Waals surface area contributed by atoms with Crippen LogP contribution in [-0.2, 0) is 4.79 Å². The molecule has 0 saturated heterocycles. The average molecular weight is 385 g/mol. The van der Waals surface area contributed by atoms with Gasteiger partial charge in [0.2, 0.25) is 0 Å². The summed E-state index contributed by atoms with van der Waals surface area (Å²) in [5, 5.41) is 8.84. The van der Waals surface area contributed by atoms with E-state index in [0.29, 0.717) is 12.2 Å². The van der Waals surface area contributed by atoms with Crippen molar-refractivity contribution in [3.63, 3.8) is 0 Å². The fourth-order valence-electron chi connectivity index (χ4n) is 1.03. The molecule has 0 amide bonds. The molecule has 1 N–H and O–H groups in total. The maximum absolute atomic E-state index is 10.8. The summed E-state index contributed by atoms with van der Waals surface area (Å²) in [6.45, 7) is 1.78. The number of hydrogen-bond acceptors (Lipinski definition) is 2. The van der Waals surface area contributed by atoms with E-state index in [0.717, 1.165) is 8.04 Å². The topological polar surface area (TPSA) is 46.5 Å². The standard InChI is InChI=1S/C10H10BrIO3/c1-2-8(10(13)14)15-9-4-3-6(11)5-7(9)12/h3-5,8H,2H2,1H3,(H,13,14)/t8-/m0/s1. The highest BCUT2D eigenvalue weighted by Crippen LogP contribution is 2.25. The lowest BCUT2D eigenvalue weighted by Gasteiger charge is -2.14. The maximum atomic E-state index is 10.8. The maximum Gasteiger partial charge on any atom is 0.344 e. The van der Waals surface area contributed by atoms with Crippen molar-refractivity contribution in [3.05, 3.63) is 26.2 Å². The van der Waals surface area contributed by atoms with Crippen molar-refractivity contribution in [2.75, 3.05) is 0 Å². The molecule has 0 heterocycles. The quantitative estimate of drug-likeness (QED) is 0.810. The number of benzene rings is 1. The van der Waals surface area contributed by atoms with Gasteiger partial charge in [-0.2, -0.15) is 0 Å². The first-order chi connectivity index (χ1) is 7.04. The van der Waals surface area contributed by atoms with Crippen LogP contribution in [0.2, 0.25) is 0 Å². The molecular formula is C10H10BrIO3. The van der Waals surface area contributed by atoms with Crippen LogP contribution in [0.15, 0.2) is 22.7 Å². The van der Waals surface area contributed by atoms with Crippen LogP contribution in [0.4, 0.5) is 0 Å². The Bertz CT molecular complexity index is 368. The van der Waals surface area contributed by atoms with Crippen molar-refractivity contribution >= 4 is 44.5 Å². The Labute approximate surface area is 110 Å². The molecule has 15 heavy (non-hydrogen) atoms. The Balaban J connectivity index is 2.84. The Hall–Kier alpha value is -0.300. The number of carbonyl (C=O) groups is 1. The monoisotopic (exact) mass is 384 g/mol. The summed E-state index contributed by atoms with van der Waals surface area (Å²) in [7, 11) is 0. The van der Waals surface area contributed by atoms with Gasteiger partial charge in [0.05, 0.1) is 3.57 Å². The van der Waals surface area contributed by atoms with Gasteiger partial charge in [-0.05, 0) is 47.2 Å². The Morgan fingerprint density at radius 1 is 1.67 bits per heavy atom. The third-order valence-electron chi connectivity index (χ3n) is 1.81. The van der Waals surface area contributed by atoms with E-state index in [1.54, 1.807) is 13.0 Å². The minimum atomic E-state index is -0.934. The molecule has 82 valence electrons. The first-order valence-electron chi connectivity index (χ1n) is 4.39. The van der Waals surface area contributed by atoms with E-state index in [2.05, 4.69) is 38.5 Å². The molecule has 0 radical (unpaired) electrons. The fraction of sp³-hybridized carbons (Fsp3) is 0.300. The molecule has 1 aromatic carbocycles. The lowest BCUT2D eigenvalue weighted by atomic mass is 10.3. The van der Waals surface area contributed by atoms with Gasteiger partial charge in [0.25, 0.3) is 0 Å². The molecule has 0 spiro atoms. The molecule has 0 aliphatic rings. The molecule has 0 aliphatic carbocycles. The molecule has 1 atom stereocenters. The minimum Gasteiger partial charge on any atom is -0.479 e. The number of hydrogen-bond donors (Lipinski definition) is 1. The van der Waals surface area contributed by atoms with Gasteiger partial charge in [-0.25, -0.2) is 4.79 Å². The number of aliphatic carboxylic acids is 1. The lowest BCUT2D eigenvalue weighted by molar-refractivity contribution is -0.145. The molecule has 0 aromatic heterocycles. The highest BCUT2D eigenvalue weighted by molar-refractivity contribution is 14.1. The van der Waals surface area contributed by atoms with Crippen molar-refractivity contribution in [1.82, 2.24) is 0 Å². The Morgan fingerprint density at radius 2 is 2.33 bits per heavy atom. The van der Waals surface area contributed by atoms with Crippen LogP contribution in [-0.4, -0.2) is 17.2 Å². The van der Waals surface area contributed by atoms with Crippen molar-refractivity contribution < 1.29 is 14.6 Å². The predicted molar refractivity (Wildman–Crippen MR) is 69.2 cm³/mol. The molecule has 0 aliphatic heterocycles. The molecule has 0 saturated carbocycles. The summed E-state index contributed by atoms with van der Waals surface area (Å²) in [5.41, 5.74) is 0. The first kappa shape index (κ1) is 12.8. The lowest BCUT2D eigenvalue weighted by Crippen LogP contribution is -2.26. The summed E-state index contributed by atoms with van der Waals surface area (Å²) in [6, 6.07) is 5.47. The van der Waals surface area contributed by atoms with Gasteiger partial charge in [-0.3, -0.25) is 0 Å². The number of rotatable bonds is 4. The smallest absolute Gasteiger partial charge is 0.344 e. The average Bonchev–Trinajstić information content (AvgIpc) is 2.16. The van der Waals surface area contributed by atoms with Crippen LogP contribution in [0.1, 0.15) is 13.3 Å². The van der Waals surface area contributed by atoms with Gasteiger partial charge in [0, 0.05) is 4.47 Å². The second-order valence-electron chi connectivity index (χ2n) is 2.93. The number of ether oxygens (including phenoxy) is 1. The van der Waals surface area contributed by atoms with E-state index in [4.69, 9.17) is 9.84 Å². The third-order valence-corrected chi connectivity index (χ3v) is 3.15. The summed E-state index contributed by atoms with van der Waals surface area (Å²) in [6.07, 6.45) is -0.332. The molecule has 5 heteroatoms. The number of halogens is 2. The zero-order valence-electron chi connectivity index (χ0n) is 8.04. The number of carboxylic acids is 1. The summed E-state index contributed by atoms with van der Waals surface area (Å²) in [4.78, 5) is 10.8. The highest BCUT2D eigenvalue weighted by atomic mass is 127. The minimum absolute atomic E-state index is 0.446. The number of carboxylic acid groups (broad SMARTS) is 1. The summed E-state index contributed by atoms with van der Waals surface area (Å²) >= 11 is 5.44. The first-order valence-corrected chi connectivity index (χ1v) is 6.26. The van der Waals surface area contributed by atoms with E-state index in [-0.39, 0.29) is 0 Å². The SMILES string of the molecule is CC[C@H](Oc1ccc(Br)cc1I)C(=O)O. The summed E-state index contributed by atoms with van der Waals surface area (Å²) < 4.78 is 7.22. The zero-order chi connectivity index (χ0) is 11.4. The molecule has 3 nitrogen and oxygen atoms in total. The van der Waals surface area contributed by atoms with E-state index in [9.17, 15) is 4.79 Å². The van der Waals surface area contributed by atoms with Crippen molar-refractivity contribution in [1.29, 1.82) is 0 Å². The molecule has 0 unspecified atom stereocenters. The molecule has 0 fully saturated rings. The molecule has 0 bridgehead atoms. The van der Waals surface area contributed by atoms with Crippen LogP contribution in [0.25, 0.3) is 0 Å². The predicted octanol–water partition coefficient (Wildman–Crippen LogP) is 3.30. The van der Waals surface area contributed by atoms with Crippen LogP contribution in [0, 0.1) is 3.57 Å². The van der Waals surface area contributed by atoms with Gasteiger partial charge in [0.1, 0.15) is 5.75 Å².